The second-order valence-electron chi connectivity index (χ2n) is 5.91. The fourth-order valence-electron chi connectivity index (χ4n) is 2.88. The van der Waals surface area contributed by atoms with Gasteiger partial charge in [-0.2, -0.15) is 0 Å². The van der Waals surface area contributed by atoms with Crippen LogP contribution in [0.15, 0.2) is 43.0 Å². The van der Waals surface area contributed by atoms with Crippen molar-refractivity contribution in [3.05, 3.63) is 64.4 Å². The molecule has 0 aliphatic heterocycles. The highest BCUT2D eigenvalue weighted by Crippen LogP contribution is 2.40. The van der Waals surface area contributed by atoms with Crippen LogP contribution in [-0.2, 0) is 0 Å². The van der Waals surface area contributed by atoms with Crippen LogP contribution in [0.3, 0.4) is 0 Å². The summed E-state index contributed by atoms with van der Waals surface area (Å²) in [5.41, 5.74) is 4.66. The molecule has 3 aromatic rings. The number of aryl methyl sites for hydroxylation is 2. The van der Waals surface area contributed by atoms with E-state index in [9.17, 15) is 0 Å². The summed E-state index contributed by atoms with van der Waals surface area (Å²) in [7, 11) is 0. The van der Waals surface area contributed by atoms with Crippen LogP contribution in [-0.4, -0.2) is 21.2 Å². The first-order chi connectivity index (χ1) is 12.0. The minimum absolute atomic E-state index is 0.529. The molecule has 6 heteroatoms. The first kappa shape index (κ1) is 17.8. The van der Waals surface area contributed by atoms with E-state index < -0.39 is 0 Å². The number of imidazole rings is 1. The van der Waals surface area contributed by atoms with Crippen LogP contribution in [0.2, 0.25) is 10.0 Å². The van der Waals surface area contributed by atoms with Gasteiger partial charge in [0.25, 0.3) is 0 Å². The topological polar surface area (TPSA) is 34.0 Å². The van der Waals surface area contributed by atoms with Gasteiger partial charge in [0.05, 0.1) is 15.7 Å². The Hall–Kier alpha value is -2.04. The monoisotopic (exact) mass is 374 g/mol. The van der Waals surface area contributed by atoms with Gasteiger partial charge < -0.3 is 0 Å². The Morgan fingerprint density at radius 3 is 2.44 bits per heavy atom. The molecule has 0 spiro atoms. The number of anilines is 1. The highest BCUT2D eigenvalue weighted by atomic mass is 35.5. The van der Waals surface area contributed by atoms with Gasteiger partial charge in [0, 0.05) is 41.5 Å². The maximum absolute atomic E-state index is 6.65. The largest absolute Gasteiger partial charge is 0.279 e. The lowest BCUT2D eigenvalue weighted by molar-refractivity contribution is 0.675. The van der Waals surface area contributed by atoms with Gasteiger partial charge >= 0.3 is 0 Å². The molecule has 2 aromatic heterocycles. The predicted molar refractivity (Wildman–Crippen MR) is 104 cm³/mol. The Bertz CT molecular complexity index is 875. The lowest BCUT2D eigenvalue weighted by Crippen LogP contribution is -2.29. The minimum Gasteiger partial charge on any atom is -0.279 e. The van der Waals surface area contributed by atoms with Crippen molar-refractivity contribution in [1.82, 2.24) is 14.6 Å². The fraction of sp³-hybridized carbons (Fsp3) is 0.263. The smallest absolute Gasteiger partial charge is 0.114 e. The van der Waals surface area contributed by atoms with Gasteiger partial charge in [-0.1, -0.05) is 42.3 Å². The molecule has 0 radical (unpaired) electrons. The van der Waals surface area contributed by atoms with Crippen LogP contribution < -0.4 is 5.01 Å². The SMILES string of the molecule is CCCN(c1ccc(-c2ccc(C)nc2C)c(Cl)c1Cl)n1ccnc1. The Labute approximate surface area is 158 Å². The molecule has 25 heavy (non-hydrogen) atoms. The number of halogens is 2. The highest BCUT2D eigenvalue weighted by molar-refractivity contribution is 6.45. The van der Waals surface area contributed by atoms with Gasteiger partial charge in [-0.25, -0.2) is 9.66 Å². The zero-order valence-corrected chi connectivity index (χ0v) is 16.0. The third-order valence-electron chi connectivity index (χ3n) is 4.06. The number of aromatic nitrogens is 3. The Morgan fingerprint density at radius 2 is 1.80 bits per heavy atom. The highest BCUT2D eigenvalue weighted by Gasteiger charge is 2.18. The van der Waals surface area contributed by atoms with Crippen molar-refractivity contribution >= 4 is 28.9 Å². The molecule has 0 saturated carbocycles. The lowest BCUT2D eigenvalue weighted by Gasteiger charge is -2.27. The third kappa shape index (κ3) is 3.51. The van der Waals surface area contributed by atoms with Crippen LogP contribution >= 0.6 is 23.2 Å². The van der Waals surface area contributed by atoms with Crippen molar-refractivity contribution in [3.8, 4) is 11.1 Å². The van der Waals surface area contributed by atoms with E-state index in [1.807, 2.05) is 49.0 Å². The third-order valence-corrected chi connectivity index (χ3v) is 4.93. The Balaban J connectivity index is 2.08. The summed E-state index contributed by atoms with van der Waals surface area (Å²) in [5, 5.41) is 3.13. The molecule has 3 rings (SSSR count). The summed E-state index contributed by atoms with van der Waals surface area (Å²) in [6.07, 6.45) is 6.35. The van der Waals surface area contributed by atoms with Gasteiger partial charge in [-0.3, -0.25) is 9.99 Å². The van der Waals surface area contributed by atoms with Crippen LogP contribution in [0.1, 0.15) is 24.7 Å². The number of nitrogens with zero attached hydrogens (tertiary/aromatic N) is 4. The minimum atomic E-state index is 0.529. The number of hydrogen-bond acceptors (Lipinski definition) is 3. The molecule has 2 heterocycles. The van der Waals surface area contributed by atoms with E-state index >= 15 is 0 Å². The molecule has 130 valence electrons. The summed E-state index contributed by atoms with van der Waals surface area (Å²) in [6, 6.07) is 8.02. The molecule has 0 fully saturated rings. The van der Waals surface area contributed by atoms with Crippen molar-refractivity contribution in [2.45, 2.75) is 27.2 Å². The van der Waals surface area contributed by atoms with E-state index in [0.717, 1.165) is 41.2 Å². The molecule has 0 bridgehead atoms. The first-order valence-electron chi connectivity index (χ1n) is 8.21. The lowest BCUT2D eigenvalue weighted by atomic mass is 10.0. The fourth-order valence-corrected chi connectivity index (χ4v) is 3.41. The zero-order chi connectivity index (χ0) is 18.0. The quantitative estimate of drug-likeness (QED) is 0.586. The summed E-state index contributed by atoms with van der Waals surface area (Å²) in [6.45, 7) is 6.88. The van der Waals surface area contributed by atoms with Crippen LogP contribution in [0.25, 0.3) is 11.1 Å². The Kier molecular flexibility index (Phi) is 5.30. The molecule has 0 unspecified atom stereocenters. The van der Waals surface area contributed by atoms with E-state index in [1.54, 1.807) is 12.5 Å². The standard InChI is InChI=1S/C19H20Cl2N4/c1-4-10-25(24-11-9-22-12-24)17-8-7-16(18(20)19(17)21)15-6-5-13(2)23-14(15)3/h5-9,11-12H,4,10H2,1-3H3. The maximum atomic E-state index is 6.65. The van der Waals surface area contributed by atoms with Gasteiger partial charge in [-0.15, -0.1) is 0 Å². The molecule has 0 atom stereocenters. The number of pyridine rings is 1. The average Bonchev–Trinajstić information content (AvgIpc) is 3.11. The zero-order valence-electron chi connectivity index (χ0n) is 14.5. The summed E-state index contributed by atoms with van der Waals surface area (Å²) >= 11 is 13.3. The van der Waals surface area contributed by atoms with E-state index in [4.69, 9.17) is 23.2 Å². The summed E-state index contributed by atoms with van der Waals surface area (Å²) in [4.78, 5) is 8.65. The van der Waals surface area contributed by atoms with Crippen LogP contribution in [0, 0.1) is 13.8 Å². The van der Waals surface area contributed by atoms with Crippen molar-refractivity contribution in [2.24, 2.45) is 0 Å². The molecular formula is C19H20Cl2N4. The number of rotatable bonds is 5. The average molecular weight is 375 g/mol. The molecule has 0 aliphatic carbocycles. The first-order valence-corrected chi connectivity index (χ1v) is 8.97. The molecule has 0 N–H and O–H groups in total. The molecule has 1 aromatic carbocycles. The second kappa shape index (κ2) is 7.46. The Morgan fingerprint density at radius 1 is 1.04 bits per heavy atom. The summed E-state index contributed by atoms with van der Waals surface area (Å²) in [5.74, 6) is 0. The van der Waals surface area contributed by atoms with E-state index in [-0.39, 0.29) is 0 Å². The predicted octanol–water partition coefficient (Wildman–Crippen LogP) is 5.55. The normalized spacial score (nSPS) is 10.9. The van der Waals surface area contributed by atoms with Crippen molar-refractivity contribution < 1.29 is 0 Å². The molecular weight excluding hydrogens is 355 g/mol. The molecule has 0 saturated heterocycles. The van der Waals surface area contributed by atoms with E-state index in [0.29, 0.717) is 10.0 Å². The van der Waals surface area contributed by atoms with Gasteiger partial charge in [0.1, 0.15) is 6.33 Å². The summed E-state index contributed by atoms with van der Waals surface area (Å²) < 4.78 is 1.92. The van der Waals surface area contributed by atoms with Gasteiger partial charge in [0.2, 0.25) is 0 Å². The van der Waals surface area contributed by atoms with Gasteiger partial charge in [-0.05, 0) is 32.4 Å². The van der Waals surface area contributed by atoms with Gasteiger partial charge in [0.15, 0.2) is 0 Å². The second-order valence-corrected chi connectivity index (χ2v) is 6.67. The molecule has 4 nitrogen and oxygen atoms in total. The number of hydrogen-bond donors (Lipinski definition) is 0. The molecule has 0 amide bonds. The maximum Gasteiger partial charge on any atom is 0.114 e. The van der Waals surface area contributed by atoms with Crippen molar-refractivity contribution in [1.29, 1.82) is 0 Å². The van der Waals surface area contributed by atoms with Crippen LogP contribution in [0.5, 0.6) is 0 Å². The van der Waals surface area contributed by atoms with E-state index in [1.165, 1.54) is 0 Å². The van der Waals surface area contributed by atoms with E-state index in [2.05, 4.69) is 21.9 Å². The van der Waals surface area contributed by atoms with Crippen LogP contribution in [0.4, 0.5) is 5.69 Å². The van der Waals surface area contributed by atoms with Crippen molar-refractivity contribution in [3.63, 3.8) is 0 Å². The van der Waals surface area contributed by atoms with Crippen molar-refractivity contribution in [2.75, 3.05) is 11.6 Å². The molecule has 0 aliphatic rings. The number of benzene rings is 1.